The second-order valence-electron chi connectivity index (χ2n) is 3.81. The highest BCUT2D eigenvalue weighted by Gasteiger charge is 2.11. The van der Waals surface area contributed by atoms with Gasteiger partial charge in [0, 0.05) is 19.7 Å². The molecule has 0 bridgehead atoms. The van der Waals surface area contributed by atoms with E-state index in [1.807, 2.05) is 6.92 Å². The Morgan fingerprint density at radius 1 is 1.24 bits per heavy atom. The smallest absolute Gasteiger partial charge is 0.194 e. The molecule has 0 heterocycles. The summed E-state index contributed by atoms with van der Waals surface area (Å²) in [5.41, 5.74) is 0.371. The van der Waals surface area contributed by atoms with E-state index in [1.54, 1.807) is 7.11 Å². The van der Waals surface area contributed by atoms with Gasteiger partial charge in [-0.2, -0.15) is 0 Å². The maximum Gasteiger partial charge on any atom is 0.194 e. The third kappa shape index (κ3) is 4.02. The van der Waals surface area contributed by atoms with E-state index in [2.05, 4.69) is 5.32 Å². The van der Waals surface area contributed by atoms with Crippen LogP contribution in [0.1, 0.15) is 18.9 Å². The van der Waals surface area contributed by atoms with Crippen molar-refractivity contribution in [1.82, 2.24) is 5.32 Å². The second kappa shape index (κ2) is 6.61. The Hall–Kier alpha value is -1.07. The Kier molecular flexibility index (Phi) is 5.44. The summed E-state index contributed by atoms with van der Waals surface area (Å²) >= 11 is 0. The van der Waals surface area contributed by atoms with E-state index in [0.29, 0.717) is 12.2 Å². The number of ether oxygens (including phenoxy) is 1. The van der Waals surface area contributed by atoms with Crippen molar-refractivity contribution in [2.24, 2.45) is 0 Å². The van der Waals surface area contributed by atoms with Crippen molar-refractivity contribution in [3.63, 3.8) is 0 Å². The molecule has 1 aromatic rings. The molecule has 1 unspecified atom stereocenters. The van der Waals surface area contributed by atoms with E-state index in [4.69, 9.17) is 4.74 Å². The number of halogens is 3. The number of rotatable bonds is 6. The summed E-state index contributed by atoms with van der Waals surface area (Å²) in [7, 11) is 1.58. The van der Waals surface area contributed by atoms with Crippen LogP contribution in [0.2, 0.25) is 0 Å². The number of nitrogens with one attached hydrogen (secondary N) is 1. The molecule has 1 N–H and O–H groups in total. The van der Waals surface area contributed by atoms with Crippen molar-refractivity contribution in [3.8, 4) is 0 Å². The summed E-state index contributed by atoms with van der Waals surface area (Å²) in [4.78, 5) is 0. The average Bonchev–Trinajstić information content (AvgIpc) is 2.31. The summed E-state index contributed by atoms with van der Waals surface area (Å²) in [6.45, 7) is 2.77. The van der Waals surface area contributed by atoms with Crippen molar-refractivity contribution in [1.29, 1.82) is 0 Å². The van der Waals surface area contributed by atoms with Crippen LogP contribution in [-0.4, -0.2) is 19.8 Å². The van der Waals surface area contributed by atoms with E-state index in [9.17, 15) is 13.2 Å². The van der Waals surface area contributed by atoms with E-state index in [-0.39, 0.29) is 12.6 Å². The number of hydrogen-bond acceptors (Lipinski definition) is 2. The quantitative estimate of drug-likeness (QED) is 0.780. The molecular formula is C12H16F3NO. The minimum Gasteiger partial charge on any atom is -0.383 e. The minimum absolute atomic E-state index is 0.108. The lowest BCUT2D eigenvalue weighted by molar-refractivity contribution is 0.164. The topological polar surface area (TPSA) is 21.3 Å². The Morgan fingerprint density at radius 2 is 1.82 bits per heavy atom. The lowest BCUT2D eigenvalue weighted by atomic mass is 10.1. The molecule has 0 aliphatic carbocycles. The van der Waals surface area contributed by atoms with Crippen LogP contribution >= 0.6 is 0 Å². The average molecular weight is 247 g/mol. The molecule has 17 heavy (non-hydrogen) atoms. The van der Waals surface area contributed by atoms with Gasteiger partial charge < -0.3 is 10.1 Å². The predicted molar refractivity (Wildman–Crippen MR) is 59.1 cm³/mol. The molecule has 96 valence electrons. The van der Waals surface area contributed by atoms with Gasteiger partial charge >= 0.3 is 0 Å². The molecule has 1 rings (SSSR count). The molecule has 1 atom stereocenters. The van der Waals surface area contributed by atoms with Crippen LogP contribution in [0.25, 0.3) is 0 Å². The first-order chi connectivity index (χ1) is 8.08. The van der Waals surface area contributed by atoms with Crippen molar-refractivity contribution in [2.45, 2.75) is 25.9 Å². The van der Waals surface area contributed by atoms with Gasteiger partial charge in [-0.3, -0.25) is 0 Å². The first-order valence-electron chi connectivity index (χ1n) is 5.44. The summed E-state index contributed by atoms with van der Waals surface area (Å²) < 4.78 is 43.5. The van der Waals surface area contributed by atoms with E-state index >= 15 is 0 Å². The van der Waals surface area contributed by atoms with Gasteiger partial charge in [-0.25, -0.2) is 13.2 Å². The number of methoxy groups -OCH3 is 1. The van der Waals surface area contributed by atoms with Crippen molar-refractivity contribution in [3.05, 3.63) is 35.1 Å². The normalized spacial score (nSPS) is 12.8. The third-order valence-electron chi connectivity index (χ3n) is 2.50. The second-order valence-corrected chi connectivity index (χ2v) is 3.81. The van der Waals surface area contributed by atoms with Crippen LogP contribution in [-0.2, 0) is 11.3 Å². The zero-order valence-corrected chi connectivity index (χ0v) is 9.90. The molecule has 0 saturated carbocycles. The van der Waals surface area contributed by atoms with Gasteiger partial charge in [0.2, 0.25) is 0 Å². The van der Waals surface area contributed by atoms with Crippen molar-refractivity contribution < 1.29 is 17.9 Å². The molecule has 0 aliphatic heterocycles. The number of hydrogen-bond donors (Lipinski definition) is 1. The molecule has 2 nitrogen and oxygen atoms in total. The van der Waals surface area contributed by atoms with E-state index < -0.39 is 17.5 Å². The monoisotopic (exact) mass is 247 g/mol. The molecular weight excluding hydrogens is 231 g/mol. The fourth-order valence-electron chi connectivity index (χ4n) is 1.49. The Labute approximate surface area is 98.8 Å². The lowest BCUT2D eigenvalue weighted by Gasteiger charge is -2.15. The zero-order chi connectivity index (χ0) is 12.8. The van der Waals surface area contributed by atoms with Crippen LogP contribution in [0.15, 0.2) is 12.1 Å². The van der Waals surface area contributed by atoms with Gasteiger partial charge in [-0.15, -0.1) is 0 Å². The fraction of sp³-hybridized carbons (Fsp3) is 0.500. The lowest BCUT2D eigenvalue weighted by Crippen LogP contribution is -2.32. The van der Waals surface area contributed by atoms with Gasteiger partial charge in [0.05, 0.1) is 6.61 Å². The number of benzene rings is 1. The predicted octanol–water partition coefficient (Wildman–Crippen LogP) is 2.62. The third-order valence-corrected chi connectivity index (χ3v) is 2.50. The van der Waals surface area contributed by atoms with Crippen molar-refractivity contribution in [2.75, 3.05) is 13.7 Å². The first-order valence-corrected chi connectivity index (χ1v) is 5.44. The molecule has 0 radical (unpaired) electrons. The molecule has 0 fully saturated rings. The molecule has 0 saturated heterocycles. The van der Waals surface area contributed by atoms with Crippen LogP contribution < -0.4 is 5.32 Å². The van der Waals surface area contributed by atoms with E-state index in [1.165, 1.54) is 0 Å². The maximum atomic E-state index is 12.9. The maximum absolute atomic E-state index is 12.9. The highest BCUT2D eigenvalue weighted by molar-refractivity contribution is 5.19. The highest BCUT2D eigenvalue weighted by Crippen LogP contribution is 2.13. The summed E-state index contributed by atoms with van der Waals surface area (Å²) in [5, 5.41) is 3.08. The van der Waals surface area contributed by atoms with Crippen LogP contribution in [0.4, 0.5) is 13.2 Å². The van der Waals surface area contributed by atoms with Gasteiger partial charge in [-0.05, 0) is 24.1 Å². The Bertz CT molecular complexity index is 348. The van der Waals surface area contributed by atoms with Crippen LogP contribution in [0.5, 0.6) is 0 Å². The minimum atomic E-state index is -1.43. The fourth-order valence-corrected chi connectivity index (χ4v) is 1.49. The van der Waals surface area contributed by atoms with Crippen LogP contribution in [0, 0.1) is 17.5 Å². The van der Waals surface area contributed by atoms with Gasteiger partial charge in [0.15, 0.2) is 17.5 Å². The summed E-state index contributed by atoms with van der Waals surface area (Å²) in [5.74, 6) is -3.76. The van der Waals surface area contributed by atoms with E-state index in [0.717, 1.165) is 18.6 Å². The summed E-state index contributed by atoms with van der Waals surface area (Å²) in [6, 6.07) is 2.09. The first kappa shape index (κ1) is 14.0. The van der Waals surface area contributed by atoms with Gasteiger partial charge in [0.1, 0.15) is 0 Å². The van der Waals surface area contributed by atoms with Crippen LogP contribution in [0.3, 0.4) is 0 Å². The zero-order valence-electron chi connectivity index (χ0n) is 9.90. The van der Waals surface area contributed by atoms with Gasteiger partial charge in [0.25, 0.3) is 0 Å². The highest BCUT2D eigenvalue weighted by atomic mass is 19.2. The standard InChI is InChI=1S/C12H16F3NO/c1-3-9(7-17-2)16-6-8-4-10(13)12(15)11(14)5-8/h4-5,9,16H,3,6-7H2,1-2H3. The molecule has 0 aromatic heterocycles. The molecule has 0 aliphatic rings. The Balaban J connectivity index is 2.63. The SMILES string of the molecule is CCC(COC)NCc1cc(F)c(F)c(F)c1. The molecule has 1 aromatic carbocycles. The molecule has 5 heteroatoms. The van der Waals surface area contributed by atoms with Crippen molar-refractivity contribution >= 4 is 0 Å². The summed E-state index contributed by atoms with van der Waals surface area (Å²) in [6.07, 6.45) is 0.833. The van der Waals surface area contributed by atoms with Gasteiger partial charge in [-0.1, -0.05) is 6.92 Å². The Morgan fingerprint density at radius 3 is 2.29 bits per heavy atom. The molecule has 0 amide bonds. The largest absolute Gasteiger partial charge is 0.383 e. The molecule has 0 spiro atoms.